The van der Waals surface area contributed by atoms with Crippen molar-refractivity contribution >= 4 is 27.9 Å². The summed E-state index contributed by atoms with van der Waals surface area (Å²) in [5, 5.41) is 0. The van der Waals surface area contributed by atoms with Gasteiger partial charge in [-0.25, -0.2) is 4.79 Å². The van der Waals surface area contributed by atoms with Crippen molar-refractivity contribution in [1.82, 2.24) is 0 Å². The summed E-state index contributed by atoms with van der Waals surface area (Å²) in [6.07, 6.45) is 1.74. The maximum absolute atomic E-state index is 13.8. The molecule has 0 spiro atoms. The predicted octanol–water partition coefficient (Wildman–Crippen LogP) is 9.93. The van der Waals surface area contributed by atoms with Crippen molar-refractivity contribution in [3.05, 3.63) is 201 Å². The molecule has 4 aliphatic rings. The van der Waals surface area contributed by atoms with E-state index in [9.17, 15) is 9.59 Å². The third kappa shape index (κ3) is 7.83. The Morgan fingerprint density at radius 3 is 1.70 bits per heavy atom. The molecule has 0 saturated carbocycles. The van der Waals surface area contributed by atoms with Crippen molar-refractivity contribution in [2.24, 2.45) is 5.92 Å². The number of esters is 2. The van der Waals surface area contributed by atoms with Gasteiger partial charge in [-0.2, -0.15) is 0 Å². The molecular weight excluding hydrogens is 872 g/mol. The van der Waals surface area contributed by atoms with Crippen molar-refractivity contribution in [3.8, 4) is 22.6 Å². The minimum atomic E-state index is -0.920. The number of benzene rings is 6. The zero-order valence-corrected chi connectivity index (χ0v) is 37.2. The van der Waals surface area contributed by atoms with Crippen LogP contribution < -0.4 is 9.47 Å². The number of carbonyl (C=O) groups is 2. The number of methoxy groups -OCH3 is 1. The summed E-state index contributed by atoms with van der Waals surface area (Å²) in [5.74, 6) is 0.293. The van der Waals surface area contributed by atoms with Crippen LogP contribution in [-0.4, -0.2) is 71.9 Å². The fourth-order valence-corrected chi connectivity index (χ4v) is 10.5. The van der Waals surface area contributed by atoms with E-state index >= 15 is 0 Å². The van der Waals surface area contributed by atoms with E-state index in [4.69, 9.17) is 33.2 Å². The summed E-state index contributed by atoms with van der Waals surface area (Å²) in [6, 6.07) is 48.3. The highest BCUT2D eigenvalue weighted by Gasteiger charge is 2.58. The standard InChI is InChI=1S/C54H49BrO9/c1-3-51(56)63-32-28-59-26-30-61-39-21-16-36(17-22-39)53(46-13-7-4-10-41(46)42-11-5-8-14-47(42)53)37-18-23-40(24-19-37)62-31-27-60-29-33-64-52(57)50-35-44-43-12-6-9-15-48(43)54(50,58-2)49-25-20-38(55)34-45(44)49/h3-25,34,44,50H,1,26-33,35H2,2H3. The second-order valence-electron chi connectivity index (χ2n) is 16.0. The van der Waals surface area contributed by atoms with Gasteiger partial charge in [0.25, 0.3) is 0 Å². The van der Waals surface area contributed by atoms with E-state index in [0.717, 1.165) is 44.3 Å². The van der Waals surface area contributed by atoms with Crippen LogP contribution in [0.4, 0.5) is 0 Å². The first-order valence-corrected chi connectivity index (χ1v) is 22.4. The number of hydrogen-bond donors (Lipinski definition) is 0. The maximum atomic E-state index is 13.8. The molecule has 0 radical (unpaired) electrons. The molecule has 10 heteroatoms. The van der Waals surface area contributed by atoms with E-state index in [1.54, 1.807) is 7.11 Å². The number of rotatable bonds is 19. The zero-order valence-electron chi connectivity index (χ0n) is 35.6. The Balaban J connectivity index is 0.818. The molecule has 4 aliphatic carbocycles. The lowest BCUT2D eigenvalue weighted by atomic mass is 9.56. The molecule has 0 heterocycles. The lowest BCUT2D eigenvalue weighted by Crippen LogP contribution is -2.52. The molecule has 326 valence electrons. The maximum Gasteiger partial charge on any atom is 0.330 e. The van der Waals surface area contributed by atoms with Crippen LogP contribution >= 0.6 is 15.9 Å². The highest BCUT2D eigenvalue weighted by molar-refractivity contribution is 9.10. The minimum Gasteiger partial charge on any atom is -0.491 e. The average Bonchev–Trinajstić information content (AvgIpc) is 3.64. The van der Waals surface area contributed by atoms with Crippen LogP contribution in [0.15, 0.2) is 157 Å². The minimum absolute atomic E-state index is 0.0795. The second kappa shape index (κ2) is 19.0. The first kappa shape index (κ1) is 43.2. The van der Waals surface area contributed by atoms with Crippen LogP contribution in [0.25, 0.3) is 11.1 Å². The lowest BCUT2D eigenvalue weighted by Gasteiger charge is -2.52. The van der Waals surface area contributed by atoms with Gasteiger partial charge in [0.2, 0.25) is 0 Å². The average molecular weight is 922 g/mol. The number of ether oxygens (including phenoxy) is 7. The van der Waals surface area contributed by atoms with E-state index in [2.05, 4.69) is 120 Å². The van der Waals surface area contributed by atoms with Gasteiger partial charge in [-0.05, 0) is 98.5 Å². The van der Waals surface area contributed by atoms with Gasteiger partial charge in [-0.1, -0.05) is 126 Å². The molecule has 3 atom stereocenters. The summed E-state index contributed by atoms with van der Waals surface area (Å²) < 4.78 is 41.8. The Labute approximate surface area is 382 Å². The molecule has 9 nitrogen and oxygen atoms in total. The number of halogens is 1. The van der Waals surface area contributed by atoms with Gasteiger partial charge in [0.1, 0.15) is 43.5 Å². The molecule has 0 aromatic heterocycles. The van der Waals surface area contributed by atoms with Crippen molar-refractivity contribution in [3.63, 3.8) is 0 Å². The molecule has 3 unspecified atom stereocenters. The van der Waals surface area contributed by atoms with E-state index < -0.39 is 22.9 Å². The normalized spacial score (nSPS) is 18.2. The molecule has 64 heavy (non-hydrogen) atoms. The largest absolute Gasteiger partial charge is 0.491 e. The molecule has 0 fully saturated rings. The highest BCUT2D eigenvalue weighted by atomic mass is 79.9. The van der Waals surface area contributed by atoms with Gasteiger partial charge in [0.15, 0.2) is 0 Å². The molecule has 0 saturated heterocycles. The van der Waals surface area contributed by atoms with Crippen LogP contribution in [0.1, 0.15) is 56.8 Å². The summed E-state index contributed by atoms with van der Waals surface area (Å²) in [5.41, 5.74) is 9.96. The highest BCUT2D eigenvalue weighted by Crippen LogP contribution is 2.60. The van der Waals surface area contributed by atoms with E-state index in [0.29, 0.717) is 32.8 Å². The van der Waals surface area contributed by atoms with E-state index in [1.807, 2.05) is 42.5 Å². The monoisotopic (exact) mass is 920 g/mol. The van der Waals surface area contributed by atoms with Crippen LogP contribution in [-0.2, 0) is 44.3 Å². The molecule has 6 aromatic carbocycles. The van der Waals surface area contributed by atoms with Gasteiger partial charge >= 0.3 is 11.9 Å². The van der Waals surface area contributed by atoms with Gasteiger partial charge in [-0.15, -0.1) is 0 Å². The summed E-state index contributed by atoms with van der Waals surface area (Å²) >= 11 is 3.64. The first-order valence-electron chi connectivity index (χ1n) is 21.6. The molecule has 6 aromatic rings. The van der Waals surface area contributed by atoms with E-state index in [-0.39, 0.29) is 38.3 Å². The summed E-state index contributed by atoms with van der Waals surface area (Å²) in [4.78, 5) is 25.0. The van der Waals surface area contributed by atoms with Crippen LogP contribution in [0.5, 0.6) is 11.5 Å². The Bertz CT molecular complexity index is 2600. The smallest absolute Gasteiger partial charge is 0.330 e. The third-order valence-corrected chi connectivity index (χ3v) is 13.2. The fraction of sp³-hybridized carbons (Fsp3) is 0.259. The van der Waals surface area contributed by atoms with E-state index in [1.165, 1.54) is 33.4 Å². The Morgan fingerprint density at radius 1 is 0.609 bits per heavy atom. The molecular formula is C54H49BrO9. The first-order chi connectivity index (χ1) is 31.4. The molecule has 0 N–H and O–H groups in total. The summed E-state index contributed by atoms with van der Waals surface area (Å²) in [6.45, 7) is 5.59. The quantitative estimate of drug-likeness (QED) is 0.0446. The predicted molar refractivity (Wildman–Crippen MR) is 247 cm³/mol. The van der Waals surface area contributed by atoms with Crippen molar-refractivity contribution in [2.45, 2.75) is 23.4 Å². The molecule has 10 rings (SSSR count). The van der Waals surface area contributed by atoms with Crippen LogP contribution in [0, 0.1) is 5.92 Å². The van der Waals surface area contributed by atoms with Gasteiger partial charge in [0, 0.05) is 23.6 Å². The van der Waals surface area contributed by atoms with Crippen molar-refractivity contribution in [1.29, 1.82) is 0 Å². The molecule has 0 aliphatic heterocycles. The molecule has 2 bridgehead atoms. The van der Waals surface area contributed by atoms with Crippen molar-refractivity contribution < 1.29 is 42.7 Å². The Morgan fingerprint density at radius 2 is 1.12 bits per heavy atom. The van der Waals surface area contributed by atoms with Crippen LogP contribution in [0.2, 0.25) is 0 Å². The fourth-order valence-electron chi connectivity index (χ4n) is 10.1. The lowest BCUT2D eigenvalue weighted by molar-refractivity contribution is -0.164. The van der Waals surface area contributed by atoms with Gasteiger partial charge < -0.3 is 33.2 Å². The number of fused-ring (bicyclic) bond motifs is 4. The zero-order chi connectivity index (χ0) is 44.1. The van der Waals surface area contributed by atoms with Gasteiger partial charge in [-0.3, -0.25) is 4.79 Å². The number of hydrogen-bond acceptors (Lipinski definition) is 9. The van der Waals surface area contributed by atoms with Crippen LogP contribution in [0.3, 0.4) is 0 Å². The SMILES string of the molecule is C=CC(=O)OCCOCCOc1ccc(C2(c3ccc(OCCOCCOC(=O)C4CC5c6ccccc6C4(OC)c4ccc(Br)cc45)cc3)c3ccccc3-c3ccccc32)cc1. The summed E-state index contributed by atoms with van der Waals surface area (Å²) in [7, 11) is 1.68. The van der Waals surface area contributed by atoms with Gasteiger partial charge in [0.05, 0.1) is 37.8 Å². The Kier molecular flexibility index (Phi) is 12.8. The second-order valence-corrected chi connectivity index (χ2v) is 16.9. The van der Waals surface area contributed by atoms with Crippen molar-refractivity contribution in [2.75, 3.05) is 60.0 Å². The third-order valence-electron chi connectivity index (χ3n) is 12.7. The molecule has 0 amide bonds. The topological polar surface area (TPSA) is 98.8 Å². The Hall–Kier alpha value is -6.04. The number of carbonyl (C=O) groups excluding carboxylic acids is 2.